The second kappa shape index (κ2) is 6.25. The predicted molar refractivity (Wildman–Crippen MR) is 82.8 cm³/mol. The number of fused-ring (bicyclic) bond motifs is 1. The molecule has 0 fully saturated rings. The summed E-state index contributed by atoms with van der Waals surface area (Å²) in [5, 5.41) is 7.91. The Kier molecular flexibility index (Phi) is 3.90. The summed E-state index contributed by atoms with van der Waals surface area (Å²) in [4.78, 5) is 0. The van der Waals surface area contributed by atoms with Crippen molar-refractivity contribution in [1.82, 2.24) is 10.2 Å². The van der Waals surface area contributed by atoms with Gasteiger partial charge in [-0.05, 0) is 36.4 Å². The predicted octanol–water partition coefficient (Wildman–Crippen LogP) is 4.07. The highest BCUT2D eigenvalue weighted by Crippen LogP contribution is 2.36. The molecule has 0 N–H and O–H groups in total. The molecule has 0 radical (unpaired) electrons. The van der Waals surface area contributed by atoms with Crippen molar-refractivity contribution in [3.8, 4) is 40.2 Å². The maximum absolute atomic E-state index is 12.3. The Labute approximate surface area is 145 Å². The van der Waals surface area contributed by atoms with Gasteiger partial charge in [0.25, 0.3) is 0 Å². The quantitative estimate of drug-likeness (QED) is 0.695. The molecule has 134 valence electrons. The van der Waals surface area contributed by atoms with Crippen LogP contribution in [0.3, 0.4) is 0 Å². The number of hydrogen-bond donors (Lipinski definition) is 0. The second-order valence-corrected chi connectivity index (χ2v) is 5.41. The first kappa shape index (κ1) is 16.2. The van der Waals surface area contributed by atoms with E-state index in [4.69, 9.17) is 18.6 Å². The van der Waals surface area contributed by atoms with Crippen LogP contribution in [0, 0.1) is 0 Å². The third-order valence-corrected chi connectivity index (χ3v) is 3.53. The van der Waals surface area contributed by atoms with E-state index in [9.17, 15) is 13.2 Å². The average Bonchev–Trinajstić information content (AvgIpc) is 3.28. The minimum atomic E-state index is -4.41. The largest absolute Gasteiger partial charge is 0.484 e. The lowest BCUT2D eigenvalue weighted by atomic mass is 10.2. The molecular weight excluding hydrogens is 353 g/mol. The van der Waals surface area contributed by atoms with E-state index >= 15 is 0 Å². The fourth-order valence-corrected chi connectivity index (χ4v) is 2.37. The van der Waals surface area contributed by atoms with Gasteiger partial charge in [-0.1, -0.05) is 6.07 Å². The molecule has 9 heteroatoms. The second-order valence-electron chi connectivity index (χ2n) is 5.41. The molecule has 2 aromatic carbocycles. The summed E-state index contributed by atoms with van der Waals surface area (Å²) < 4.78 is 57.7. The number of ether oxygens (including phenoxy) is 3. The van der Waals surface area contributed by atoms with E-state index < -0.39 is 12.8 Å². The number of hydrogen-bond acceptors (Lipinski definition) is 6. The van der Waals surface area contributed by atoms with E-state index in [0.29, 0.717) is 22.6 Å². The van der Waals surface area contributed by atoms with Gasteiger partial charge in [0.2, 0.25) is 18.6 Å². The number of nitrogens with zero attached hydrogens (tertiary/aromatic N) is 2. The van der Waals surface area contributed by atoms with E-state index in [-0.39, 0.29) is 24.3 Å². The highest BCUT2D eigenvalue weighted by atomic mass is 19.4. The highest BCUT2D eigenvalue weighted by molar-refractivity contribution is 5.62. The lowest BCUT2D eigenvalue weighted by Crippen LogP contribution is -2.19. The van der Waals surface area contributed by atoms with Crippen molar-refractivity contribution >= 4 is 0 Å². The molecule has 0 bridgehead atoms. The van der Waals surface area contributed by atoms with Gasteiger partial charge in [-0.25, -0.2) is 0 Å². The summed E-state index contributed by atoms with van der Waals surface area (Å²) in [6.07, 6.45) is -4.41. The highest BCUT2D eigenvalue weighted by Gasteiger charge is 2.28. The third kappa shape index (κ3) is 3.41. The van der Waals surface area contributed by atoms with Crippen LogP contribution >= 0.6 is 0 Å². The van der Waals surface area contributed by atoms with E-state index in [2.05, 4.69) is 10.2 Å². The van der Waals surface area contributed by atoms with Gasteiger partial charge in [0.1, 0.15) is 5.75 Å². The summed E-state index contributed by atoms with van der Waals surface area (Å²) in [6, 6.07) is 11.2. The van der Waals surface area contributed by atoms with Gasteiger partial charge in [-0.2, -0.15) is 13.2 Å². The molecule has 0 aliphatic carbocycles. The van der Waals surface area contributed by atoms with Crippen molar-refractivity contribution in [1.29, 1.82) is 0 Å². The lowest BCUT2D eigenvalue weighted by Gasteiger charge is -2.09. The van der Waals surface area contributed by atoms with Crippen molar-refractivity contribution < 1.29 is 31.8 Å². The molecule has 0 amide bonds. The van der Waals surface area contributed by atoms with Crippen LogP contribution in [0.5, 0.6) is 17.2 Å². The number of aromatic nitrogens is 2. The van der Waals surface area contributed by atoms with Crippen LogP contribution < -0.4 is 14.2 Å². The molecule has 0 saturated heterocycles. The van der Waals surface area contributed by atoms with Crippen molar-refractivity contribution in [2.75, 3.05) is 13.4 Å². The van der Waals surface area contributed by atoms with Crippen molar-refractivity contribution in [3.63, 3.8) is 0 Å². The lowest BCUT2D eigenvalue weighted by molar-refractivity contribution is -0.153. The number of halogens is 3. The Bertz CT molecular complexity index is 940. The Hall–Kier alpha value is -3.23. The van der Waals surface area contributed by atoms with Gasteiger partial charge in [-0.15, -0.1) is 10.2 Å². The first-order valence-corrected chi connectivity index (χ1v) is 7.51. The molecule has 3 aromatic rings. The molecule has 6 nitrogen and oxygen atoms in total. The Morgan fingerprint density at radius 1 is 0.923 bits per heavy atom. The van der Waals surface area contributed by atoms with Gasteiger partial charge >= 0.3 is 6.18 Å². The molecule has 0 spiro atoms. The minimum absolute atomic E-state index is 0.0580. The number of benzene rings is 2. The molecule has 2 heterocycles. The van der Waals surface area contributed by atoms with Crippen LogP contribution in [-0.4, -0.2) is 29.8 Å². The molecule has 1 aliphatic rings. The van der Waals surface area contributed by atoms with Crippen LogP contribution in [0.15, 0.2) is 46.9 Å². The van der Waals surface area contributed by atoms with Gasteiger partial charge in [0.15, 0.2) is 18.1 Å². The first-order chi connectivity index (χ1) is 12.5. The van der Waals surface area contributed by atoms with Crippen LogP contribution in [-0.2, 0) is 0 Å². The number of rotatable bonds is 4. The van der Waals surface area contributed by atoms with Gasteiger partial charge in [0.05, 0.1) is 0 Å². The van der Waals surface area contributed by atoms with E-state index in [0.717, 1.165) is 0 Å². The standard InChI is InChI=1S/C17H11F3N2O4/c18-17(19,20)8-23-12-3-1-2-10(6-12)15-21-22-16(26-15)11-4-5-13-14(7-11)25-9-24-13/h1-7H,8-9H2. The van der Waals surface area contributed by atoms with Crippen LogP contribution in [0.1, 0.15) is 0 Å². The Morgan fingerprint density at radius 3 is 2.42 bits per heavy atom. The first-order valence-electron chi connectivity index (χ1n) is 7.51. The maximum atomic E-state index is 12.3. The fraction of sp³-hybridized carbons (Fsp3) is 0.176. The van der Waals surface area contributed by atoms with Crippen molar-refractivity contribution in [3.05, 3.63) is 42.5 Å². The van der Waals surface area contributed by atoms with E-state index in [1.54, 1.807) is 30.3 Å². The zero-order valence-corrected chi connectivity index (χ0v) is 13.1. The average molecular weight is 364 g/mol. The van der Waals surface area contributed by atoms with Crippen LogP contribution in [0.2, 0.25) is 0 Å². The zero-order valence-electron chi connectivity index (χ0n) is 13.1. The van der Waals surface area contributed by atoms with Gasteiger partial charge in [0, 0.05) is 11.1 Å². The Morgan fingerprint density at radius 2 is 1.65 bits per heavy atom. The topological polar surface area (TPSA) is 66.6 Å². The monoisotopic (exact) mass is 364 g/mol. The SMILES string of the molecule is FC(F)(F)COc1cccc(-c2nnc(-c3ccc4c(c3)OCO4)o2)c1. The molecule has 1 aliphatic heterocycles. The summed E-state index contributed by atoms with van der Waals surface area (Å²) in [5.41, 5.74) is 1.08. The fourth-order valence-electron chi connectivity index (χ4n) is 2.37. The van der Waals surface area contributed by atoms with Gasteiger partial charge in [-0.3, -0.25) is 0 Å². The van der Waals surface area contributed by atoms with Crippen LogP contribution in [0.25, 0.3) is 22.9 Å². The summed E-state index contributed by atoms with van der Waals surface area (Å²) in [7, 11) is 0. The molecule has 26 heavy (non-hydrogen) atoms. The summed E-state index contributed by atoms with van der Waals surface area (Å²) >= 11 is 0. The minimum Gasteiger partial charge on any atom is -0.484 e. The summed E-state index contributed by atoms with van der Waals surface area (Å²) in [5.74, 6) is 1.67. The smallest absolute Gasteiger partial charge is 0.422 e. The Balaban J connectivity index is 1.56. The maximum Gasteiger partial charge on any atom is 0.422 e. The molecule has 0 atom stereocenters. The van der Waals surface area contributed by atoms with E-state index in [1.807, 2.05) is 0 Å². The molecular formula is C17H11F3N2O4. The molecule has 1 aromatic heterocycles. The molecule has 0 saturated carbocycles. The van der Waals surface area contributed by atoms with Crippen molar-refractivity contribution in [2.45, 2.75) is 6.18 Å². The third-order valence-electron chi connectivity index (χ3n) is 3.53. The van der Waals surface area contributed by atoms with Gasteiger partial charge < -0.3 is 18.6 Å². The summed E-state index contributed by atoms with van der Waals surface area (Å²) in [6.45, 7) is -1.22. The normalized spacial score (nSPS) is 13.0. The molecule has 0 unspecified atom stereocenters. The zero-order chi connectivity index (χ0) is 18.1. The number of alkyl halides is 3. The molecule has 4 rings (SSSR count). The van der Waals surface area contributed by atoms with Crippen molar-refractivity contribution in [2.24, 2.45) is 0 Å². The van der Waals surface area contributed by atoms with Crippen LogP contribution in [0.4, 0.5) is 13.2 Å². The van der Waals surface area contributed by atoms with E-state index in [1.165, 1.54) is 12.1 Å².